The van der Waals surface area contributed by atoms with E-state index in [0.717, 1.165) is 30.4 Å². The molecular weight excluding hydrogens is 378 g/mol. The molecule has 1 aliphatic rings. The van der Waals surface area contributed by atoms with Crippen LogP contribution in [-0.4, -0.2) is 41.9 Å². The summed E-state index contributed by atoms with van der Waals surface area (Å²) in [6.45, 7) is 3.30. The number of hydrogen-bond donors (Lipinski definition) is 1. The molecule has 160 valence electrons. The molecule has 2 amide bonds. The quantitative estimate of drug-likeness (QED) is 0.688. The molecule has 0 aliphatic carbocycles. The third-order valence-corrected chi connectivity index (χ3v) is 5.69. The van der Waals surface area contributed by atoms with E-state index in [9.17, 15) is 9.59 Å². The Morgan fingerprint density at radius 3 is 2.83 bits per heavy atom. The average molecular weight is 410 g/mol. The number of amides is 2. The van der Waals surface area contributed by atoms with Crippen LogP contribution in [0.15, 0.2) is 48.8 Å². The zero-order chi connectivity index (χ0) is 21.3. The normalized spacial score (nSPS) is 18.9. The van der Waals surface area contributed by atoms with Crippen molar-refractivity contribution in [2.45, 2.75) is 45.1 Å². The number of para-hydroxylation sites is 1. The lowest BCUT2D eigenvalue weighted by molar-refractivity contribution is -0.143. The van der Waals surface area contributed by atoms with E-state index in [0.29, 0.717) is 31.7 Å². The molecule has 0 bridgehead atoms. The van der Waals surface area contributed by atoms with Gasteiger partial charge in [-0.05, 0) is 37.0 Å². The highest BCUT2D eigenvalue weighted by Gasteiger charge is 2.41. The number of rotatable bonds is 9. The number of hydrogen-bond acceptors (Lipinski definition) is 4. The van der Waals surface area contributed by atoms with Gasteiger partial charge < -0.3 is 15.0 Å². The summed E-state index contributed by atoms with van der Waals surface area (Å²) >= 11 is 0. The van der Waals surface area contributed by atoms with Crippen LogP contribution in [0.5, 0.6) is 5.75 Å². The van der Waals surface area contributed by atoms with Crippen LogP contribution in [0.25, 0.3) is 0 Å². The summed E-state index contributed by atoms with van der Waals surface area (Å²) in [6.07, 6.45) is 7.12. The second-order valence-electron chi connectivity index (χ2n) is 7.67. The molecule has 6 nitrogen and oxygen atoms in total. The molecule has 0 saturated carbocycles. The molecule has 1 aromatic heterocycles. The monoisotopic (exact) mass is 409 g/mol. The molecule has 2 atom stereocenters. The minimum absolute atomic E-state index is 0.0104. The largest absolute Gasteiger partial charge is 0.496 e. The van der Waals surface area contributed by atoms with Crippen molar-refractivity contribution in [3.63, 3.8) is 0 Å². The zero-order valence-corrected chi connectivity index (χ0v) is 17.8. The molecule has 1 aromatic carbocycles. The number of carbonyl (C=O) groups excluding carboxylic acids is 2. The summed E-state index contributed by atoms with van der Waals surface area (Å²) < 4.78 is 5.58. The highest BCUT2D eigenvalue weighted by Crippen LogP contribution is 2.40. The van der Waals surface area contributed by atoms with Crippen LogP contribution in [0.2, 0.25) is 0 Å². The van der Waals surface area contributed by atoms with Crippen molar-refractivity contribution in [3.8, 4) is 5.75 Å². The Hall–Kier alpha value is -2.89. The SMILES string of the molecule is CCCCN1C(=O)CCC(C(=O)NCCc2cccnc2)C1c1ccccc1OC. The molecule has 0 radical (unpaired) electrons. The number of nitrogens with zero attached hydrogens (tertiary/aromatic N) is 2. The van der Waals surface area contributed by atoms with Gasteiger partial charge in [-0.2, -0.15) is 0 Å². The molecule has 1 fully saturated rings. The van der Waals surface area contributed by atoms with E-state index in [1.807, 2.05) is 47.5 Å². The Labute approximate surface area is 178 Å². The van der Waals surface area contributed by atoms with Gasteiger partial charge in [0.1, 0.15) is 5.75 Å². The molecule has 30 heavy (non-hydrogen) atoms. The number of carbonyl (C=O) groups is 2. The molecule has 1 aliphatic heterocycles. The van der Waals surface area contributed by atoms with Crippen LogP contribution in [0.4, 0.5) is 0 Å². The van der Waals surface area contributed by atoms with E-state index in [-0.39, 0.29) is 23.8 Å². The first-order valence-corrected chi connectivity index (χ1v) is 10.7. The number of methoxy groups -OCH3 is 1. The predicted octanol–water partition coefficient (Wildman–Crippen LogP) is 3.53. The number of ether oxygens (including phenoxy) is 1. The summed E-state index contributed by atoms with van der Waals surface area (Å²) in [7, 11) is 1.63. The van der Waals surface area contributed by atoms with E-state index in [1.165, 1.54) is 0 Å². The van der Waals surface area contributed by atoms with Crippen molar-refractivity contribution in [2.75, 3.05) is 20.2 Å². The summed E-state index contributed by atoms with van der Waals surface area (Å²) in [4.78, 5) is 32.0. The fourth-order valence-electron chi connectivity index (χ4n) is 4.12. The van der Waals surface area contributed by atoms with Gasteiger partial charge in [0.05, 0.1) is 19.1 Å². The van der Waals surface area contributed by atoms with Gasteiger partial charge in [-0.3, -0.25) is 14.6 Å². The van der Waals surface area contributed by atoms with Crippen molar-refractivity contribution < 1.29 is 14.3 Å². The van der Waals surface area contributed by atoms with Gasteiger partial charge in [0, 0.05) is 37.5 Å². The third kappa shape index (κ3) is 5.17. The van der Waals surface area contributed by atoms with E-state index in [4.69, 9.17) is 4.74 Å². The number of pyridine rings is 1. The van der Waals surface area contributed by atoms with Crippen LogP contribution in [0, 0.1) is 5.92 Å². The van der Waals surface area contributed by atoms with E-state index < -0.39 is 0 Å². The van der Waals surface area contributed by atoms with Gasteiger partial charge in [0.15, 0.2) is 0 Å². The fourth-order valence-corrected chi connectivity index (χ4v) is 4.12. The van der Waals surface area contributed by atoms with Gasteiger partial charge in [0.2, 0.25) is 11.8 Å². The van der Waals surface area contributed by atoms with Crippen molar-refractivity contribution in [1.29, 1.82) is 0 Å². The molecule has 6 heteroatoms. The molecule has 2 aromatic rings. The zero-order valence-electron chi connectivity index (χ0n) is 17.8. The highest BCUT2D eigenvalue weighted by atomic mass is 16.5. The maximum atomic E-state index is 13.2. The Bertz CT molecular complexity index is 841. The number of piperidine rings is 1. The maximum Gasteiger partial charge on any atom is 0.225 e. The van der Waals surface area contributed by atoms with Crippen LogP contribution in [-0.2, 0) is 16.0 Å². The van der Waals surface area contributed by atoms with Gasteiger partial charge in [-0.15, -0.1) is 0 Å². The lowest BCUT2D eigenvalue weighted by Gasteiger charge is -2.41. The molecule has 3 rings (SSSR count). The van der Waals surface area contributed by atoms with E-state index >= 15 is 0 Å². The van der Waals surface area contributed by atoms with E-state index in [2.05, 4.69) is 17.2 Å². The van der Waals surface area contributed by atoms with Gasteiger partial charge >= 0.3 is 0 Å². The Balaban J connectivity index is 1.80. The standard InChI is InChI=1S/C24H31N3O3/c1-3-4-16-27-22(28)12-11-20(23(27)19-9-5-6-10-21(19)30-2)24(29)26-15-13-18-8-7-14-25-17-18/h5-10,14,17,20,23H,3-4,11-13,15-16H2,1-2H3,(H,26,29). The number of unbranched alkanes of at least 4 members (excludes halogenated alkanes) is 1. The third-order valence-electron chi connectivity index (χ3n) is 5.69. The number of benzene rings is 1. The molecule has 2 heterocycles. The summed E-state index contributed by atoms with van der Waals surface area (Å²) in [6, 6.07) is 11.3. The van der Waals surface area contributed by atoms with E-state index in [1.54, 1.807) is 13.3 Å². The molecule has 1 N–H and O–H groups in total. The second kappa shape index (κ2) is 10.8. The van der Waals surface area contributed by atoms with Crippen molar-refractivity contribution in [1.82, 2.24) is 15.2 Å². The maximum absolute atomic E-state index is 13.2. The smallest absolute Gasteiger partial charge is 0.225 e. The fraction of sp³-hybridized carbons (Fsp3) is 0.458. The Morgan fingerprint density at radius 1 is 1.27 bits per heavy atom. The number of likely N-dealkylation sites (tertiary alicyclic amines) is 1. The Kier molecular flexibility index (Phi) is 7.82. The molecule has 1 saturated heterocycles. The minimum atomic E-state index is -0.313. The van der Waals surface area contributed by atoms with Gasteiger partial charge in [-0.1, -0.05) is 37.6 Å². The van der Waals surface area contributed by atoms with Gasteiger partial charge in [-0.25, -0.2) is 0 Å². The Morgan fingerprint density at radius 2 is 2.10 bits per heavy atom. The molecular formula is C24H31N3O3. The average Bonchev–Trinajstić information content (AvgIpc) is 2.78. The topological polar surface area (TPSA) is 71.5 Å². The first-order chi connectivity index (χ1) is 14.7. The van der Waals surface area contributed by atoms with Crippen molar-refractivity contribution >= 4 is 11.8 Å². The highest BCUT2D eigenvalue weighted by molar-refractivity contribution is 5.85. The van der Waals surface area contributed by atoms with Gasteiger partial charge in [0.25, 0.3) is 0 Å². The van der Waals surface area contributed by atoms with Crippen LogP contribution < -0.4 is 10.1 Å². The lowest BCUT2D eigenvalue weighted by Crippen LogP contribution is -2.48. The van der Waals surface area contributed by atoms with Crippen LogP contribution >= 0.6 is 0 Å². The molecule has 2 unspecified atom stereocenters. The summed E-state index contributed by atoms with van der Waals surface area (Å²) in [5.74, 6) is 0.513. The first-order valence-electron chi connectivity index (χ1n) is 10.7. The number of aromatic nitrogens is 1. The minimum Gasteiger partial charge on any atom is -0.496 e. The summed E-state index contributed by atoms with van der Waals surface area (Å²) in [5, 5.41) is 3.08. The van der Waals surface area contributed by atoms with Crippen LogP contribution in [0.3, 0.4) is 0 Å². The summed E-state index contributed by atoms with van der Waals surface area (Å²) in [5.41, 5.74) is 1.99. The lowest BCUT2D eigenvalue weighted by atomic mass is 9.83. The second-order valence-corrected chi connectivity index (χ2v) is 7.67. The predicted molar refractivity (Wildman–Crippen MR) is 116 cm³/mol. The first kappa shape index (κ1) is 21.8. The van der Waals surface area contributed by atoms with Crippen molar-refractivity contribution in [2.24, 2.45) is 5.92 Å². The molecule has 0 spiro atoms. The number of nitrogens with one attached hydrogen (secondary N) is 1. The van der Waals surface area contributed by atoms with Crippen molar-refractivity contribution in [3.05, 3.63) is 59.9 Å². The van der Waals surface area contributed by atoms with Crippen LogP contribution in [0.1, 0.15) is 49.8 Å².